The predicted octanol–water partition coefficient (Wildman–Crippen LogP) is 3.90. The van der Waals surface area contributed by atoms with Crippen molar-refractivity contribution in [3.63, 3.8) is 0 Å². The first-order chi connectivity index (χ1) is 17.1. The molecule has 0 unspecified atom stereocenters. The summed E-state index contributed by atoms with van der Waals surface area (Å²) in [5.74, 6) is 1.000. The number of aromatic nitrogens is 5. The second-order valence-electron chi connectivity index (χ2n) is 9.10. The number of nitrogens with one attached hydrogen (secondary N) is 2. The second-order valence-corrected chi connectivity index (χ2v) is 9.10. The zero-order valence-corrected chi connectivity index (χ0v) is 19.4. The van der Waals surface area contributed by atoms with Gasteiger partial charge in [0.25, 0.3) is 0 Å². The van der Waals surface area contributed by atoms with Crippen molar-refractivity contribution < 1.29 is 8.78 Å². The van der Waals surface area contributed by atoms with E-state index in [1.165, 1.54) is 6.07 Å². The van der Waals surface area contributed by atoms with Crippen molar-refractivity contribution in [1.82, 2.24) is 29.8 Å². The average Bonchev–Trinajstić information content (AvgIpc) is 3.45. The maximum Gasteiger partial charge on any atom is 0.229 e. The summed E-state index contributed by atoms with van der Waals surface area (Å²) in [5.41, 5.74) is 2.41. The zero-order valence-electron chi connectivity index (χ0n) is 19.4. The number of piperazine rings is 1. The number of imidazole rings is 1. The normalized spacial score (nSPS) is 17.7. The molecule has 0 spiro atoms. The molecule has 2 N–H and O–H groups in total. The molecule has 0 bridgehead atoms. The molecule has 10 heteroatoms. The van der Waals surface area contributed by atoms with Crippen LogP contribution in [-0.4, -0.2) is 50.7 Å². The van der Waals surface area contributed by atoms with Crippen molar-refractivity contribution in [1.29, 1.82) is 0 Å². The van der Waals surface area contributed by atoms with Gasteiger partial charge in [-0.05, 0) is 30.2 Å². The molecule has 8 nitrogen and oxygen atoms in total. The molecular formula is C25H26F2N8. The van der Waals surface area contributed by atoms with E-state index < -0.39 is 11.6 Å². The van der Waals surface area contributed by atoms with Gasteiger partial charge in [-0.3, -0.25) is 0 Å². The Hall–Kier alpha value is -3.66. The van der Waals surface area contributed by atoms with Gasteiger partial charge in [-0.2, -0.15) is 0 Å². The Labute approximate surface area is 201 Å². The lowest BCUT2D eigenvalue weighted by Crippen LogP contribution is -2.43. The summed E-state index contributed by atoms with van der Waals surface area (Å²) in [6.07, 6.45) is 4.75. The number of halogens is 2. The number of rotatable bonds is 5. The zero-order chi connectivity index (χ0) is 23.9. The maximum absolute atomic E-state index is 15.0. The van der Waals surface area contributed by atoms with Crippen LogP contribution in [0.2, 0.25) is 0 Å². The fourth-order valence-corrected chi connectivity index (χ4v) is 4.89. The smallest absolute Gasteiger partial charge is 0.229 e. The highest BCUT2D eigenvalue weighted by atomic mass is 19.1. The Kier molecular flexibility index (Phi) is 5.52. The van der Waals surface area contributed by atoms with Crippen molar-refractivity contribution in [2.24, 2.45) is 5.92 Å². The molecule has 0 amide bonds. The van der Waals surface area contributed by atoms with Gasteiger partial charge in [0.05, 0.1) is 23.6 Å². The number of hydrogen-bond donors (Lipinski definition) is 2. The van der Waals surface area contributed by atoms with E-state index in [1.807, 2.05) is 16.7 Å². The molecule has 1 fully saturated rings. The fourth-order valence-electron chi connectivity index (χ4n) is 4.89. The molecule has 35 heavy (non-hydrogen) atoms. The summed E-state index contributed by atoms with van der Waals surface area (Å²) < 4.78 is 31.8. The fraction of sp³-hybridized carbons (Fsp3) is 0.360. The molecule has 1 atom stereocenters. The van der Waals surface area contributed by atoms with Gasteiger partial charge in [0, 0.05) is 44.7 Å². The van der Waals surface area contributed by atoms with E-state index in [9.17, 15) is 8.78 Å². The molecule has 4 aromatic rings. The van der Waals surface area contributed by atoms with Gasteiger partial charge >= 0.3 is 0 Å². The SMILES string of the molecule is CC[C@H]1Cc2nc3c(F)cc(-c4nc(Nc5ccc(N6CCNCC6)cn5)ncc4F)cc3n2C1. The molecule has 2 aliphatic heterocycles. The minimum absolute atomic E-state index is 0.0290. The van der Waals surface area contributed by atoms with Crippen LogP contribution in [0.1, 0.15) is 19.2 Å². The highest BCUT2D eigenvalue weighted by molar-refractivity contribution is 5.83. The Balaban J connectivity index is 1.29. The van der Waals surface area contributed by atoms with Crippen molar-refractivity contribution in [3.8, 4) is 11.3 Å². The standard InChI is InChI=1S/C25H26F2N8/c1-2-15-9-22-32-24-18(26)10-16(11-20(24)35(22)14-15)23-19(27)13-30-25(33-23)31-21-4-3-17(12-29-21)34-7-5-28-6-8-34/h3-4,10-13,15,28H,2,5-9,14H2,1H3,(H,29,30,31,33)/t15-/m0/s1. The van der Waals surface area contributed by atoms with Crippen LogP contribution in [0.4, 0.5) is 26.2 Å². The number of pyridine rings is 1. The monoisotopic (exact) mass is 476 g/mol. The molecule has 180 valence electrons. The summed E-state index contributed by atoms with van der Waals surface area (Å²) in [7, 11) is 0. The van der Waals surface area contributed by atoms with Crippen LogP contribution in [0.3, 0.4) is 0 Å². The average molecular weight is 477 g/mol. The first-order valence-corrected chi connectivity index (χ1v) is 12.0. The molecule has 1 aromatic carbocycles. The van der Waals surface area contributed by atoms with Gasteiger partial charge in [-0.15, -0.1) is 0 Å². The van der Waals surface area contributed by atoms with Crippen LogP contribution in [0.25, 0.3) is 22.3 Å². The Morgan fingerprint density at radius 3 is 2.69 bits per heavy atom. The lowest BCUT2D eigenvalue weighted by atomic mass is 10.1. The van der Waals surface area contributed by atoms with E-state index in [0.717, 1.165) is 63.3 Å². The van der Waals surface area contributed by atoms with Crippen LogP contribution in [-0.2, 0) is 13.0 Å². The number of hydrogen-bond acceptors (Lipinski definition) is 7. The molecule has 1 saturated heterocycles. The highest BCUT2D eigenvalue weighted by Crippen LogP contribution is 2.33. The van der Waals surface area contributed by atoms with Crippen LogP contribution in [0, 0.1) is 17.6 Å². The largest absolute Gasteiger partial charge is 0.368 e. The summed E-state index contributed by atoms with van der Waals surface area (Å²) in [4.78, 5) is 19.6. The summed E-state index contributed by atoms with van der Waals surface area (Å²) in [6.45, 7) is 6.68. The lowest BCUT2D eigenvalue weighted by molar-refractivity contribution is 0.501. The van der Waals surface area contributed by atoms with Gasteiger partial charge in [-0.1, -0.05) is 13.3 Å². The van der Waals surface area contributed by atoms with Gasteiger partial charge in [-0.25, -0.2) is 28.7 Å². The summed E-state index contributed by atoms with van der Waals surface area (Å²) in [6, 6.07) is 6.88. The number of anilines is 3. The Morgan fingerprint density at radius 2 is 1.91 bits per heavy atom. The quantitative estimate of drug-likeness (QED) is 0.452. The third kappa shape index (κ3) is 4.07. The molecule has 5 heterocycles. The number of fused-ring (bicyclic) bond motifs is 3. The lowest BCUT2D eigenvalue weighted by Gasteiger charge is -2.29. The molecule has 0 saturated carbocycles. The van der Waals surface area contributed by atoms with Crippen molar-refractivity contribution in [2.75, 3.05) is 36.4 Å². The maximum atomic E-state index is 15.0. The Bertz CT molecular complexity index is 1380. The molecular weight excluding hydrogens is 450 g/mol. The van der Waals surface area contributed by atoms with Crippen molar-refractivity contribution in [2.45, 2.75) is 26.3 Å². The van der Waals surface area contributed by atoms with Gasteiger partial charge in [0.2, 0.25) is 5.95 Å². The third-order valence-electron chi connectivity index (χ3n) is 6.86. The second kappa shape index (κ2) is 8.84. The Morgan fingerprint density at radius 1 is 1.06 bits per heavy atom. The number of nitrogens with zero attached hydrogens (tertiary/aromatic N) is 6. The van der Waals surface area contributed by atoms with E-state index in [4.69, 9.17) is 0 Å². The molecule has 0 radical (unpaired) electrons. The first kappa shape index (κ1) is 21.8. The third-order valence-corrected chi connectivity index (χ3v) is 6.86. The highest BCUT2D eigenvalue weighted by Gasteiger charge is 2.26. The van der Waals surface area contributed by atoms with Crippen LogP contribution in [0.5, 0.6) is 0 Å². The number of benzene rings is 1. The van der Waals surface area contributed by atoms with Crippen molar-refractivity contribution >= 4 is 28.5 Å². The van der Waals surface area contributed by atoms with Gasteiger partial charge in [0.15, 0.2) is 11.6 Å². The first-order valence-electron chi connectivity index (χ1n) is 12.0. The summed E-state index contributed by atoms with van der Waals surface area (Å²) in [5, 5.41) is 6.36. The van der Waals surface area contributed by atoms with E-state index >= 15 is 0 Å². The molecule has 2 aliphatic rings. The van der Waals surface area contributed by atoms with Crippen LogP contribution < -0.4 is 15.5 Å². The van der Waals surface area contributed by atoms with E-state index in [1.54, 1.807) is 12.3 Å². The van der Waals surface area contributed by atoms with Gasteiger partial charge in [0.1, 0.15) is 22.9 Å². The van der Waals surface area contributed by atoms with E-state index in [2.05, 4.69) is 42.4 Å². The molecule has 3 aromatic heterocycles. The van der Waals surface area contributed by atoms with Crippen LogP contribution in [0.15, 0.2) is 36.7 Å². The van der Waals surface area contributed by atoms with E-state index in [-0.39, 0.29) is 11.6 Å². The minimum atomic E-state index is -0.621. The molecule has 6 rings (SSSR count). The van der Waals surface area contributed by atoms with Crippen molar-refractivity contribution in [3.05, 3.63) is 54.1 Å². The van der Waals surface area contributed by atoms with Gasteiger partial charge < -0.3 is 20.1 Å². The minimum Gasteiger partial charge on any atom is -0.368 e. The topological polar surface area (TPSA) is 83.8 Å². The predicted molar refractivity (Wildman–Crippen MR) is 131 cm³/mol. The molecule has 0 aliphatic carbocycles. The van der Waals surface area contributed by atoms with E-state index in [0.29, 0.717) is 28.3 Å². The van der Waals surface area contributed by atoms with Crippen LogP contribution >= 0.6 is 0 Å². The summed E-state index contributed by atoms with van der Waals surface area (Å²) >= 11 is 0.